The van der Waals surface area contributed by atoms with Crippen LogP contribution in [0.25, 0.3) is 0 Å². The lowest BCUT2D eigenvalue weighted by Gasteiger charge is -2.14. The zero-order chi connectivity index (χ0) is 14.9. The highest BCUT2D eigenvalue weighted by atomic mass is 32.2. The Kier molecular flexibility index (Phi) is 4.61. The standard InChI is InChI=1S/C13H19FN2O2S2/c1-8-5-11(14)13(7-12(8)15)20(17,18)16-9-3-4-10(6-9)19-2/h5,7,9-10,16H,3-4,6,15H2,1-2H3. The van der Waals surface area contributed by atoms with Crippen LogP contribution in [0.4, 0.5) is 10.1 Å². The molecule has 1 aliphatic carbocycles. The summed E-state index contributed by atoms with van der Waals surface area (Å²) in [5.74, 6) is -0.761. The van der Waals surface area contributed by atoms with Crippen LogP contribution in [-0.4, -0.2) is 26.0 Å². The summed E-state index contributed by atoms with van der Waals surface area (Å²) in [6.07, 6.45) is 4.56. The van der Waals surface area contributed by atoms with Crippen LogP contribution in [0.3, 0.4) is 0 Å². The van der Waals surface area contributed by atoms with E-state index in [0.29, 0.717) is 10.8 Å². The fourth-order valence-electron chi connectivity index (χ4n) is 2.42. The van der Waals surface area contributed by atoms with Gasteiger partial charge in [-0.2, -0.15) is 11.8 Å². The van der Waals surface area contributed by atoms with Gasteiger partial charge in [-0.15, -0.1) is 0 Å². The number of nitrogen functional groups attached to an aromatic ring is 1. The normalized spacial score (nSPS) is 23.1. The molecule has 0 bridgehead atoms. The number of hydrogen-bond acceptors (Lipinski definition) is 4. The van der Waals surface area contributed by atoms with Crippen LogP contribution in [0, 0.1) is 12.7 Å². The minimum absolute atomic E-state index is 0.126. The van der Waals surface area contributed by atoms with Crippen molar-refractivity contribution in [2.45, 2.75) is 42.4 Å². The van der Waals surface area contributed by atoms with Crippen LogP contribution in [-0.2, 0) is 10.0 Å². The fraction of sp³-hybridized carbons (Fsp3) is 0.538. The summed E-state index contributed by atoms with van der Waals surface area (Å²) in [7, 11) is -3.86. The Morgan fingerprint density at radius 2 is 2.10 bits per heavy atom. The van der Waals surface area contributed by atoms with Gasteiger partial charge in [-0.05, 0) is 50.1 Å². The molecule has 1 aliphatic rings. The Morgan fingerprint density at radius 3 is 2.70 bits per heavy atom. The van der Waals surface area contributed by atoms with Gasteiger partial charge in [-0.3, -0.25) is 0 Å². The minimum Gasteiger partial charge on any atom is -0.398 e. The number of sulfonamides is 1. The van der Waals surface area contributed by atoms with Crippen molar-refractivity contribution in [2.24, 2.45) is 0 Å². The number of thioether (sulfide) groups is 1. The van der Waals surface area contributed by atoms with E-state index in [1.807, 2.05) is 6.26 Å². The average Bonchev–Trinajstić information content (AvgIpc) is 2.80. The van der Waals surface area contributed by atoms with Crippen LogP contribution in [0.5, 0.6) is 0 Å². The van der Waals surface area contributed by atoms with Crippen molar-refractivity contribution in [3.8, 4) is 0 Å². The predicted molar refractivity (Wildman–Crippen MR) is 80.8 cm³/mol. The molecule has 3 N–H and O–H groups in total. The first kappa shape index (κ1) is 15.6. The monoisotopic (exact) mass is 318 g/mol. The van der Waals surface area contributed by atoms with E-state index in [2.05, 4.69) is 4.72 Å². The molecule has 1 aromatic rings. The van der Waals surface area contributed by atoms with Crippen LogP contribution in [0.1, 0.15) is 24.8 Å². The molecular formula is C13H19FN2O2S2. The molecule has 1 saturated carbocycles. The highest BCUT2D eigenvalue weighted by Crippen LogP contribution is 2.30. The maximum atomic E-state index is 13.9. The Hall–Kier alpha value is -0.790. The van der Waals surface area contributed by atoms with Crippen molar-refractivity contribution in [2.75, 3.05) is 12.0 Å². The van der Waals surface area contributed by atoms with E-state index in [9.17, 15) is 12.8 Å². The number of halogens is 1. The molecular weight excluding hydrogens is 299 g/mol. The lowest BCUT2D eigenvalue weighted by Crippen LogP contribution is -2.33. The second-order valence-electron chi connectivity index (χ2n) is 5.13. The molecule has 7 heteroatoms. The lowest BCUT2D eigenvalue weighted by molar-refractivity contribution is 0.537. The average molecular weight is 318 g/mol. The summed E-state index contributed by atoms with van der Waals surface area (Å²) >= 11 is 1.74. The third-order valence-corrected chi connectivity index (χ3v) is 6.28. The lowest BCUT2D eigenvalue weighted by atomic mass is 10.2. The first-order chi connectivity index (χ1) is 9.33. The molecule has 1 aromatic carbocycles. The molecule has 2 rings (SSSR count). The van der Waals surface area contributed by atoms with E-state index in [0.717, 1.165) is 25.3 Å². The Morgan fingerprint density at radius 1 is 1.40 bits per heavy atom. The van der Waals surface area contributed by atoms with Gasteiger partial charge in [0.15, 0.2) is 0 Å². The number of hydrogen-bond donors (Lipinski definition) is 2. The molecule has 4 nitrogen and oxygen atoms in total. The minimum atomic E-state index is -3.86. The quantitative estimate of drug-likeness (QED) is 0.836. The topological polar surface area (TPSA) is 72.2 Å². The van der Waals surface area contributed by atoms with E-state index < -0.39 is 15.8 Å². The highest BCUT2D eigenvalue weighted by Gasteiger charge is 2.29. The molecule has 0 aliphatic heterocycles. The summed E-state index contributed by atoms with van der Waals surface area (Å²) in [4.78, 5) is -0.367. The van der Waals surface area contributed by atoms with Crippen LogP contribution in [0.2, 0.25) is 0 Å². The van der Waals surface area contributed by atoms with E-state index in [-0.39, 0.29) is 16.6 Å². The Bertz CT molecular complexity index is 605. The van der Waals surface area contributed by atoms with Gasteiger partial charge in [0, 0.05) is 17.0 Å². The smallest absolute Gasteiger partial charge is 0.243 e. The Balaban J connectivity index is 2.21. The third kappa shape index (κ3) is 3.27. The highest BCUT2D eigenvalue weighted by molar-refractivity contribution is 7.99. The summed E-state index contributed by atoms with van der Waals surface area (Å²) in [5.41, 5.74) is 6.49. The fourth-order valence-corrected chi connectivity index (χ4v) is 4.59. The summed E-state index contributed by atoms with van der Waals surface area (Å²) < 4.78 is 41.0. The third-order valence-electron chi connectivity index (χ3n) is 3.65. The number of nitrogens with two attached hydrogens (primary N) is 1. The SMILES string of the molecule is CSC1CCC(NS(=O)(=O)c2cc(N)c(C)cc2F)C1. The van der Waals surface area contributed by atoms with E-state index in [1.165, 1.54) is 6.07 Å². The van der Waals surface area contributed by atoms with Gasteiger partial charge in [0.25, 0.3) is 0 Å². The molecule has 0 amide bonds. The molecule has 20 heavy (non-hydrogen) atoms. The van der Waals surface area contributed by atoms with Gasteiger partial charge in [-0.25, -0.2) is 17.5 Å². The number of rotatable bonds is 4. The number of benzene rings is 1. The molecule has 112 valence electrons. The van der Waals surface area contributed by atoms with Gasteiger partial charge < -0.3 is 5.73 Å². The van der Waals surface area contributed by atoms with E-state index >= 15 is 0 Å². The summed E-state index contributed by atoms with van der Waals surface area (Å²) in [6, 6.07) is 2.22. The van der Waals surface area contributed by atoms with Crippen molar-refractivity contribution in [3.05, 3.63) is 23.5 Å². The first-order valence-corrected chi connectivity index (χ1v) is 9.21. The van der Waals surface area contributed by atoms with Gasteiger partial charge in [0.1, 0.15) is 10.7 Å². The molecule has 0 aromatic heterocycles. The number of aryl methyl sites for hydroxylation is 1. The molecule has 0 heterocycles. The Labute approximate surface area is 123 Å². The second-order valence-corrected chi connectivity index (χ2v) is 7.95. The number of nitrogens with one attached hydrogen (secondary N) is 1. The van der Waals surface area contributed by atoms with Crippen LogP contribution >= 0.6 is 11.8 Å². The maximum absolute atomic E-state index is 13.9. The van der Waals surface area contributed by atoms with Gasteiger partial charge >= 0.3 is 0 Å². The first-order valence-electron chi connectivity index (χ1n) is 6.44. The van der Waals surface area contributed by atoms with E-state index in [4.69, 9.17) is 5.73 Å². The van der Waals surface area contributed by atoms with Crippen molar-refractivity contribution >= 4 is 27.5 Å². The number of anilines is 1. The maximum Gasteiger partial charge on any atom is 0.243 e. The molecule has 0 spiro atoms. The van der Waals surface area contributed by atoms with Crippen molar-refractivity contribution in [1.82, 2.24) is 4.72 Å². The summed E-state index contributed by atoms with van der Waals surface area (Å²) in [5, 5.41) is 0.468. The second kappa shape index (κ2) is 5.91. The van der Waals surface area contributed by atoms with Gasteiger partial charge in [0.2, 0.25) is 10.0 Å². The van der Waals surface area contributed by atoms with Crippen LogP contribution in [0.15, 0.2) is 17.0 Å². The molecule has 0 saturated heterocycles. The molecule has 0 radical (unpaired) electrons. The molecule has 1 fully saturated rings. The van der Waals surface area contributed by atoms with Gasteiger partial charge in [0.05, 0.1) is 0 Å². The molecule has 2 atom stereocenters. The van der Waals surface area contributed by atoms with E-state index in [1.54, 1.807) is 18.7 Å². The predicted octanol–water partition coefficient (Wildman–Crippen LogP) is 2.28. The van der Waals surface area contributed by atoms with Crippen molar-refractivity contribution in [3.63, 3.8) is 0 Å². The van der Waals surface area contributed by atoms with Crippen LogP contribution < -0.4 is 10.5 Å². The zero-order valence-corrected chi connectivity index (χ0v) is 13.2. The zero-order valence-electron chi connectivity index (χ0n) is 11.5. The van der Waals surface area contributed by atoms with Crippen molar-refractivity contribution in [1.29, 1.82) is 0 Å². The molecule has 2 unspecified atom stereocenters. The summed E-state index contributed by atoms with van der Waals surface area (Å²) in [6.45, 7) is 1.64. The van der Waals surface area contributed by atoms with Crippen molar-refractivity contribution < 1.29 is 12.8 Å². The largest absolute Gasteiger partial charge is 0.398 e. The van der Waals surface area contributed by atoms with Gasteiger partial charge in [-0.1, -0.05) is 0 Å².